The molecule has 4 aromatic rings. The summed E-state index contributed by atoms with van der Waals surface area (Å²) in [6.07, 6.45) is 2.98. The number of rotatable bonds is 7. The lowest BCUT2D eigenvalue weighted by atomic mass is 9.95. The fraction of sp³-hybridized carbons (Fsp3) is 0.286. The van der Waals surface area contributed by atoms with E-state index in [0.717, 1.165) is 22.3 Å². The highest BCUT2D eigenvalue weighted by atomic mass is 35.5. The molecule has 2 N–H and O–H groups in total. The van der Waals surface area contributed by atoms with E-state index < -0.39 is 5.91 Å². The van der Waals surface area contributed by atoms with Crippen molar-refractivity contribution < 1.29 is 19.0 Å². The van der Waals surface area contributed by atoms with Gasteiger partial charge in [0, 0.05) is 18.0 Å². The molecule has 9 nitrogen and oxygen atoms in total. The number of anilines is 1. The van der Waals surface area contributed by atoms with Gasteiger partial charge in [-0.3, -0.25) is 9.59 Å². The number of fused-ring (bicyclic) bond motifs is 1. The Bertz CT molecular complexity index is 1540. The molecule has 1 aliphatic rings. The number of hydrogen-bond donors (Lipinski definition) is 2. The molecule has 0 atom stereocenters. The molecule has 10 heteroatoms. The van der Waals surface area contributed by atoms with Crippen LogP contribution < -0.4 is 15.6 Å². The van der Waals surface area contributed by atoms with Gasteiger partial charge in [-0.15, -0.1) is 0 Å². The van der Waals surface area contributed by atoms with Crippen LogP contribution in [0.25, 0.3) is 22.0 Å². The van der Waals surface area contributed by atoms with Crippen molar-refractivity contribution in [2.75, 3.05) is 25.1 Å². The third-order valence-electron chi connectivity index (χ3n) is 6.63. The summed E-state index contributed by atoms with van der Waals surface area (Å²) in [5, 5.41) is 3.44. The molecule has 38 heavy (non-hydrogen) atoms. The Kier molecular flexibility index (Phi) is 7.42. The van der Waals surface area contributed by atoms with Crippen LogP contribution in [0, 0.1) is 20.8 Å². The second-order valence-electron chi connectivity index (χ2n) is 9.13. The largest absolute Gasteiger partial charge is 0.492 e. The Morgan fingerprint density at radius 2 is 1.89 bits per heavy atom. The van der Waals surface area contributed by atoms with E-state index in [1.807, 2.05) is 32.9 Å². The number of amides is 1. The van der Waals surface area contributed by atoms with Crippen molar-refractivity contribution in [2.45, 2.75) is 33.5 Å². The molecule has 3 heterocycles. The number of nitrogens with zero attached hydrogens (tertiary/aromatic N) is 2. The Balaban J connectivity index is 1.63. The van der Waals surface area contributed by atoms with E-state index in [1.54, 1.807) is 18.2 Å². The molecular formula is C28H27ClN4O5. The van der Waals surface area contributed by atoms with E-state index in [4.69, 9.17) is 25.8 Å². The number of nitrogens with one attached hydrogen (secondary N) is 2. The highest BCUT2D eigenvalue weighted by molar-refractivity contribution is 6.35. The van der Waals surface area contributed by atoms with Crippen molar-refractivity contribution in [3.05, 3.63) is 80.5 Å². The van der Waals surface area contributed by atoms with Gasteiger partial charge in [0.1, 0.15) is 17.9 Å². The predicted octanol–water partition coefficient (Wildman–Crippen LogP) is 4.96. The number of aromatic nitrogens is 3. The number of ether oxygens (including phenoxy) is 3. The first kappa shape index (κ1) is 25.8. The van der Waals surface area contributed by atoms with Gasteiger partial charge in [0.05, 0.1) is 41.5 Å². The van der Waals surface area contributed by atoms with E-state index >= 15 is 0 Å². The van der Waals surface area contributed by atoms with Crippen LogP contribution in [-0.2, 0) is 9.47 Å². The molecule has 0 radical (unpaired) electrons. The average Bonchev–Trinajstić information content (AvgIpc) is 3.40. The Labute approximate surface area is 224 Å². The summed E-state index contributed by atoms with van der Waals surface area (Å²) in [4.78, 5) is 37.4. The second kappa shape index (κ2) is 10.9. The number of carbonyl (C=O) groups is 1. The van der Waals surface area contributed by atoms with Gasteiger partial charge in [-0.05, 0) is 61.2 Å². The van der Waals surface area contributed by atoms with Crippen molar-refractivity contribution in [2.24, 2.45) is 0 Å². The number of aryl methyl sites for hydroxylation is 2. The van der Waals surface area contributed by atoms with E-state index in [0.29, 0.717) is 47.7 Å². The number of hydrogen-bond acceptors (Lipinski definition) is 7. The number of H-pyrrole nitrogens is 1. The van der Waals surface area contributed by atoms with Gasteiger partial charge in [-0.25, -0.2) is 9.97 Å². The summed E-state index contributed by atoms with van der Waals surface area (Å²) in [6, 6.07) is 8.69. The first-order valence-electron chi connectivity index (χ1n) is 12.2. The monoisotopic (exact) mass is 534 g/mol. The van der Waals surface area contributed by atoms with E-state index in [1.165, 1.54) is 12.5 Å². The molecule has 196 valence electrons. The zero-order chi connectivity index (χ0) is 26.8. The summed E-state index contributed by atoms with van der Waals surface area (Å²) in [5.74, 6) is 0.239. The predicted molar refractivity (Wildman–Crippen MR) is 145 cm³/mol. The lowest BCUT2D eigenvalue weighted by Gasteiger charge is -2.18. The SMILES string of the molecule is Cc1cc(-c2c(OCCC3OCCO3)c3cc(C(=O)Nc4ccncn4)c(Cl)cc3[nH]c2=O)cc(C)c1C. The fourth-order valence-electron chi connectivity index (χ4n) is 4.43. The van der Waals surface area contributed by atoms with Gasteiger partial charge in [-0.1, -0.05) is 23.7 Å². The van der Waals surface area contributed by atoms with Crippen molar-refractivity contribution in [3.63, 3.8) is 0 Å². The fourth-order valence-corrected chi connectivity index (χ4v) is 4.68. The van der Waals surface area contributed by atoms with Crippen LogP contribution in [0.4, 0.5) is 5.82 Å². The summed E-state index contributed by atoms with van der Waals surface area (Å²) in [6.45, 7) is 7.37. The molecule has 0 bridgehead atoms. The van der Waals surface area contributed by atoms with Crippen LogP contribution in [0.1, 0.15) is 33.5 Å². The first-order chi connectivity index (χ1) is 18.3. The average molecular weight is 535 g/mol. The molecule has 1 fully saturated rings. The molecule has 2 aromatic heterocycles. The summed E-state index contributed by atoms with van der Waals surface area (Å²) >= 11 is 6.49. The van der Waals surface area contributed by atoms with Crippen LogP contribution in [0.15, 0.2) is 47.7 Å². The Morgan fingerprint density at radius 3 is 2.58 bits per heavy atom. The first-order valence-corrected chi connectivity index (χ1v) is 12.6. The van der Waals surface area contributed by atoms with Gasteiger partial charge in [-0.2, -0.15) is 0 Å². The minimum atomic E-state index is -0.455. The zero-order valence-electron chi connectivity index (χ0n) is 21.3. The molecule has 1 amide bonds. The second-order valence-corrected chi connectivity index (χ2v) is 9.54. The normalized spacial score (nSPS) is 13.7. The number of carbonyl (C=O) groups excluding carboxylic acids is 1. The molecule has 0 spiro atoms. The maximum Gasteiger partial charge on any atom is 0.260 e. The summed E-state index contributed by atoms with van der Waals surface area (Å²) in [5.41, 5.74) is 4.70. The van der Waals surface area contributed by atoms with E-state index in [-0.39, 0.29) is 29.0 Å². The number of halogens is 1. The maximum absolute atomic E-state index is 13.4. The van der Waals surface area contributed by atoms with Gasteiger partial charge in [0.15, 0.2) is 6.29 Å². The van der Waals surface area contributed by atoms with E-state index in [2.05, 4.69) is 20.3 Å². The van der Waals surface area contributed by atoms with Crippen molar-refractivity contribution >= 4 is 34.2 Å². The summed E-state index contributed by atoms with van der Waals surface area (Å²) in [7, 11) is 0. The number of pyridine rings is 1. The minimum Gasteiger partial charge on any atom is -0.492 e. The van der Waals surface area contributed by atoms with E-state index in [9.17, 15) is 9.59 Å². The molecule has 0 aliphatic carbocycles. The highest BCUT2D eigenvalue weighted by Gasteiger charge is 2.22. The third kappa shape index (κ3) is 5.26. The van der Waals surface area contributed by atoms with Crippen LogP contribution in [0.5, 0.6) is 5.75 Å². The van der Waals surface area contributed by atoms with Crippen molar-refractivity contribution in [3.8, 4) is 16.9 Å². The molecule has 1 aliphatic heterocycles. The molecule has 0 unspecified atom stereocenters. The molecule has 5 rings (SSSR count). The number of aromatic amines is 1. The van der Waals surface area contributed by atoms with Crippen LogP contribution >= 0.6 is 11.6 Å². The maximum atomic E-state index is 13.4. The molecular weight excluding hydrogens is 508 g/mol. The van der Waals surface area contributed by atoms with Crippen molar-refractivity contribution in [1.82, 2.24) is 15.0 Å². The zero-order valence-corrected chi connectivity index (χ0v) is 22.0. The quantitative estimate of drug-likeness (QED) is 0.344. The lowest BCUT2D eigenvalue weighted by molar-refractivity contribution is -0.0530. The standard InChI is InChI=1S/C28H27ClN4O5/c1-15-10-18(11-16(2)17(15)3)25-26(38-7-5-24-36-8-9-37-24)20-12-19(21(29)13-22(20)32-28(25)35)27(34)33-23-4-6-30-14-31-23/h4,6,10-14,24H,5,7-9H2,1-3H3,(H,32,35)(H,30,31,33,34). The molecule has 0 saturated carbocycles. The van der Waals surface area contributed by atoms with Crippen LogP contribution in [0.3, 0.4) is 0 Å². The van der Waals surface area contributed by atoms with Gasteiger partial charge < -0.3 is 24.5 Å². The minimum absolute atomic E-state index is 0.174. The Hall–Kier alpha value is -3.79. The van der Waals surface area contributed by atoms with Gasteiger partial charge >= 0.3 is 0 Å². The smallest absolute Gasteiger partial charge is 0.260 e. The van der Waals surface area contributed by atoms with Crippen molar-refractivity contribution in [1.29, 1.82) is 0 Å². The van der Waals surface area contributed by atoms with Crippen LogP contribution in [-0.4, -0.2) is 47.0 Å². The van der Waals surface area contributed by atoms with Gasteiger partial charge in [0.25, 0.3) is 11.5 Å². The molecule has 1 saturated heterocycles. The number of benzene rings is 2. The highest BCUT2D eigenvalue weighted by Crippen LogP contribution is 2.37. The Morgan fingerprint density at radius 1 is 1.16 bits per heavy atom. The topological polar surface area (TPSA) is 115 Å². The lowest BCUT2D eigenvalue weighted by Crippen LogP contribution is -2.17. The summed E-state index contributed by atoms with van der Waals surface area (Å²) < 4.78 is 17.3. The third-order valence-corrected chi connectivity index (χ3v) is 6.94. The van der Waals surface area contributed by atoms with Gasteiger partial charge in [0.2, 0.25) is 0 Å². The van der Waals surface area contributed by atoms with Crippen LogP contribution in [0.2, 0.25) is 5.02 Å². The molecule has 2 aromatic carbocycles.